The number of amides is 4. The van der Waals surface area contributed by atoms with Crippen LogP contribution in [0.1, 0.15) is 58.8 Å². The molecule has 17 heteroatoms. The molecule has 304 valence electrons. The maximum Gasteiger partial charge on any atom is 0.573 e. The van der Waals surface area contributed by atoms with Gasteiger partial charge in [-0.3, -0.25) is 9.69 Å². The molecule has 0 radical (unpaired) electrons. The minimum Gasteiger partial charge on any atom is -0.453 e. The highest BCUT2D eigenvalue weighted by Crippen LogP contribution is 2.41. The highest BCUT2D eigenvalue weighted by Gasteiger charge is 2.40. The Hall–Kier alpha value is -4.54. The Morgan fingerprint density at radius 1 is 1.04 bits per heavy atom. The zero-order valence-electron chi connectivity index (χ0n) is 32.2. The van der Waals surface area contributed by atoms with Crippen LogP contribution in [-0.4, -0.2) is 114 Å². The highest BCUT2D eigenvalue weighted by molar-refractivity contribution is 6.34. The van der Waals surface area contributed by atoms with Gasteiger partial charge in [-0.2, -0.15) is 0 Å². The van der Waals surface area contributed by atoms with Crippen LogP contribution < -0.4 is 20.7 Å². The average molecular weight is 803 g/mol. The summed E-state index contributed by atoms with van der Waals surface area (Å²) in [5, 5.41) is 8.80. The quantitative estimate of drug-likeness (QED) is 0.184. The van der Waals surface area contributed by atoms with Gasteiger partial charge in [-0.05, 0) is 49.7 Å². The van der Waals surface area contributed by atoms with Crippen molar-refractivity contribution in [2.24, 2.45) is 11.8 Å². The number of alkyl carbamates (subject to hydrolysis) is 1. The third-order valence-electron chi connectivity index (χ3n) is 10.9. The monoisotopic (exact) mass is 802 g/mol. The zero-order chi connectivity index (χ0) is 40.3. The van der Waals surface area contributed by atoms with E-state index in [-0.39, 0.29) is 40.1 Å². The number of ether oxygens (including phenoxy) is 2. The lowest BCUT2D eigenvalue weighted by molar-refractivity contribution is -0.274. The number of hydrogen-bond acceptors (Lipinski definition) is 8. The molecule has 56 heavy (non-hydrogen) atoms. The number of H-pyrrole nitrogens is 1. The lowest BCUT2D eigenvalue weighted by Gasteiger charge is -2.43. The summed E-state index contributed by atoms with van der Waals surface area (Å²) < 4.78 is 50.3. The Labute approximate surface area is 329 Å². The van der Waals surface area contributed by atoms with Gasteiger partial charge in [-0.1, -0.05) is 56.6 Å². The van der Waals surface area contributed by atoms with Crippen LogP contribution in [0.15, 0.2) is 42.6 Å². The molecule has 4 N–H and O–H groups in total. The molecular formula is C39H50ClF3N8O5. The second-order valence-corrected chi connectivity index (χ2v) is 15.7. The van der Waals surface area contributed by atoms with E-state index in [1.807, 2.05) is 20.8 Å². The number of aromatic amines is 1. The number of carbonyl (C=O) groups excluding carboxylic acids is 3. The number of nitrogens with zero attached hydrogens (tertiary/aromatic N) is 4. The number of anilines is 1. The molecule has 4 heterocycles. The molecule has 0 aliphatic carbocycles. The van der Waals surface area contributed by atoms with E-state index in [1.54, 1.807) is 40.3 Å². The van der Waals surface area contributed by atoms with Crippen LogP contribution in [0.4, 0.5) is 28.4 Å². The number of halogens is 4. The number of piperidine rings is 1. The number of carbonyl (C=O) groups is 3. The predicted molar refractivity (Wildman–Crippen MR) is 206 cm³/mol. The Bertz CT molecular complexity index is 1870. The number of hydrogen-bond donors (Lipinski definition) is 4. The van der Waals surface area contributed by atoms with Gasteiger partial charge in [0.2, 0.25) is 5.91 Å². The molecule has 3 fully saturated rings. The number of urea groups is 1. The Morgan fingerprint density at radius 3 is 2.38 bits per heavy atom. The van der Waals surface area contributed by atoms with Gasteiger partial charge in [-0.25, -0.2) is 14.6 Å². The summed E-state index contributed by atoms with van der Waals surface area (Å²) in [6.45, 7) is 12.3. The number of nitrogens with one attached hydrogen (secondary N) is 4. The summed E-state index contributed by atoms with van der Waals surface area (Å²) in [4.78, 5) is 52.8. The van der Waals surface area contributed by atoms with E-state index in [1.165, 1.54) is 13.2 Å². The van der Waals surface area contributed by atoms with Crippen LogP contribution in [0.5, 0.6) is 5.75 Å². The SMILES string of the molecule is COC(=O)N[C@H](C(=O)N1C[C@@H](C)C[C@H]1c1nc(-c2ccc(-c3cc(Cl)c(NC(=O)N4CCC(N5CCNC[C@@H]5C)CC4)cc3OC(F)(F)F)cc2)c[nH]1)C(C)C. The summed E-state index contributed by atoms with van der Waals surface area (Å²) in [6.07, 6.45) is -1.72. The van der Waals surface area contributed by atoms with Gasteiger partial charge in [0, 0.05) is 74.7 Å². The molecule has 3 saturated heterocycles. The Kier molecular flexibility index (Phi) is 12.7. The van der Waals surface area contributed by atoms with Crippen LogP contribution in [0.25, 0.3) is 22.4 Å². The molecule has 0 bridgehead atoms. The maximum atomic E-state index is 13.7. The second kappa shape index (κ2) is 17.3. The molecular weight excluding hydrogens is 753 g/mol. The topological polar surface area (TPSA) is 144 Å². The van der Waals surface area contributed by atoms with E-state index >= 15 is 0 Å². The molecule has 2 aromatic carbocycles. The zero-order valence-corrected chi connectivity index (χ0v) is 33.0. The van der Waals surface area contributed by atoms with Gasteiger partial charge in [-0.15, -0.1) is 13.2 Å². The first-order chi connectivity index (χ1) is 26.6. The minimum atomic E-state index is -5.00. The molecule has 6 rings (SSSR count). The van der Waals surface area contributed by atoms with Crippen LogP contribution in [0, 0.1) is 11.8 Å². The van der Waals surface area contributed by atoms with Crippen molar-refractivity contribution in [3.05, 3.63) is 53.4 Å². The van der Waals surface area contributed by atoms with Crippen molar-refractivity contribution < 1.29 is 37.0 Å². The van der Waals surface area contributed by atoms with Gasteiger partial charge < -0.3 is 40.2 Å². The number of rotatable bonds is 9. The van der Waals surface area contributed by atoms with Crippen LogP contribution in [-0.2, 0) is 9.53 Å². The van der Waals surface area contributed by atoms with Crippen molar-refractivity contribution in [3.63, 3.8) is 0 Å². The number of imidazole rings is 1. The summed E-state index contributed by atoms with van der Waals surface area (Å²) in [5.74, 6) is -0.170. The molecule has 4 atom stereocenters. The fraction of sp³-hybridized carbons (Fsp3) is 0.538. The first kappa shape index (κ1) is 41.1. The fourth-order valence-corrected chi connectivity index (χ4v) is 8.19. The van der Waals surface area contributed by atoms with Gasteiger partial charge in [0.05, 0.1) is 29.6 Å². The van der Waals surface area contributed by atoms with Gasteiger partial charge in [0.25, 0.3) is 0 Å². The predicted octanol–water partition coefficient (Wildman–Crippen LogP) is 6.88. The molecule has 1 aromatic heterocycles. The van der Waals surface area contributed by atoms with Crippen LogP contribution in [0.3, 0.4) is 0 Å². The number of likely N-dealkylation sites (tertiary alicyclic amines) is 2. The van der Waals surface area contributed by atoms with Crippen molar-refractivity contribution in [2.45, 2.75) is 77.5 Å². The van der Waals surface area contributed by atoms with Crippen LogP contribution in [0.2, 0.25) is 5.02 Å². The molecule has 0 saturated carbocycles. The van der Waals surface area contributed by atoms with Crippen molar-refractivity contribution in [2.75, 3.05) is 51.7 Å². The first-order valence-corrected chi connectivity index (χ1v) is 19.4. The number of benzene rings is 2. The first-order valence-electron chi connectivity index (χ1n) is 19.0. The summed E-state index contributed by atoms with van der Waals surface area (Å²) in [5.41, 5.74) is 1.73. The summed E-state index contributed by atoms with van der Waals surface area (Å²) in [6, 6.07) is 8.36. The largest absolute Gasteiger partial charge is 0.573 e. The number of piperazine rings is 1. The molecule has 3 aliphatic heterocycles. The number of methoxy groups -OCH3 is 1. The lowest BCUT2D eigenvalue weighted by atomic mass is 10.0. The average Bonchev–Trinajstić information content (AvgIpc) is 3.81. The van der Waals surface area contributed by atoms with Crippen molar-refractivity contribution in [1.82, 2.24) is 35.3 Å². The van der Waals surface area contributed by atoms with E-state index in [9.17, 15) is 27.6 Å². The van der Waals surface area contributed by atoms with E-state index in [2.05, 4.69) is 37.5 Å². The number of aromatic nitrogens is 2. The van der Waals surface area contributed by atoms with Crippen molar-refractivity contribution >= 4 is 35.3 Å². The minimum absolute atomic E-state index is 0.00717. The molecule has 13 nitrogen and oxygen atoms in total. The fourth-order valence-electron chi connectivity index (χ4n) is 7.98. The van der Waals surface area contributed by atoms with E-state index in [4.69, 9.17) is 21.3 Å². The Balaban J connectivity index is 1.16. The molecule has 3 aliphatic rings. The van der Waals surface area contributed by atoms with Gasteiger partial charge in [0.15, 0.2) is 0 Å². The maximum absolute atomic E-state index is 13.7. The van der Waals surface area contributed by atoms with Crippen molar-refractivity contribution in [3.8, 4) is 28.1 Å². The normalized spacial score (nSPS) is 21.6. The number of alkyl halides is 3. The smallest absolute Gasteiger partial charge is 0.453 e. The third kappa shape index (κ3) is 9.52. The third-order valence-corrected chi connectivity index (χ3v) is 11.2. The molecule has 0 spiro atoms. The molecule has 3 aromatic rings. The Morgan fingerprint density at radius 2 is 1.73 bits per heavy atom. The standard InChI is InChI=1S/C39H50ClF3N8O5/c1-22(2)34(48-38(54)55-5)36(52)51-21-23(3)16-32(51)35-45-20-31(46-35)26-8-6-25(7-9-26)28-17-29(40)30(18-33(28)56-39(41,42)43)47-37(53)49-13-10-27(11-14-49)50-15-12-44-19-24(50)4/h6-9,17-18,20,22-24,27,32,34,44H,10-16,19,21H2,1-5H3,(H,45,46)(H,47,53)(H,48,54)/t23-,24-,32-,34-/m0/s1. The highest BCUT2D eigenvalue weighted by atomic mass is 35.5. The van der Waals surface area contributed by atoms with Gasteiger partial charge in [0.1, 0.15) is 17.6 Å². The van der Waals surface area contributed by atoms with Crippen LogP contribution >= 0.6 is 11.6 Å². The van der Waals surface area contributed by atoms with Crippen molar-refractivity contribution in [1.29, 1.82) is 0 Å². The van der Waals surface area contributed by atoms with Gasteiger partial charge >= 0.3 is 18.5 Å². The molecule has 0 unspecified atom stereocenters. The lowest BCUT2D eigenvalue weighted by Crippen LogP contribution is -2.57. The molecule has 4 amide bonds. The summed E-state index contributed by atoms with van der Waals surface area (Å²) in [7, 11) is 1.25. The van der Waals surface area contributed by atoms with E-state index < -0.39 is 30.3 Å². The van der Waals surface area contributed by atoms with E-state index in [0.29, 0.717) is 60.8 Å². The summed E-state index contributed by atoms with van der Waals surface area (Å²) >= 11 is 6.60. The second-order valence-electron chi connectivity index (χ2n) is 15.3. The van der Waals surface area contributed by atoms with E-state index in [0.717, 1.165) is 38.5 Å².